The van der Waals surface area contributed by atoms with E-state index in [0.29, 0.717) is 30.0 Å². The van der Waals surface area contributed by atoms with Gasteiger partial charge in [-0.3, -0.25) is 14.8 Å². The van der Waals surface area contributed by atoms with Gasteiger partial charge in [-0.2, -0.15) is 13.2 Å². The summed E-state index contributed by atoms with van der Waals surface area (Å²) in [6.07, 6.45) is 4.25. The molecule has 1 saturated heterocycles. The molecule has 1 saturated carbocycles. The van der Waals surface area contributed by atoms with E-state index < -0.39 is 11.9 Å². The second-order valence-electron chi connectivity index (χ2n) is 7.49. The molecule has 0 aromatic carbocycles. The number of fused-ring (bicyclic) bond motifs is 1. The van der Waals surface area contributed by atoms with Crippen LogP contribution in [0.25, 0.3) is 6.08 Å². The largest absolute Gasteiger partial charge is 0.433 e. The molecule has 1 aliphatic carbocycles. The van der Waals surface area contributed by atoms with Gasteiger partial charge in [0.25, 0.3) is 0 Å². The fraction of sp³-hybridized carbons (Fsp3) is 0.381. The summed E-state index contributed by atoms with van der Waals surface area (Å²) in [6, 6.07) is 6.43. The van der Waals surface area contributed by atoms with Crippen molar-refractivity contribution in [2.75, 3.05) is 24.5 Å². The molecule has 1 amide bonds. The number of piperidine rings is 1. The number of aromatic nitrogens is 2. The van der Waals surface area contributed by atoms with Gasteiger partial charge in [-0.1, -0.05) is 6.07 Å². The van der Waals surface area contributed by atoms with Gasteiger partial charge in [0, 0.05) is 50.0 Å². The fourth-order valence-corrected chi connectivity index (χ4v) is 4.13. The van der Waals surface area contributed by atoms with Gasteiger partial charge >= 0.3 is 6.18 Å². The van der Waals surface area contributed by atoms with Gasteiger partial charge in [0.05, 0.1) is 0 Å². The Morgan fingerprint density at radius 3 is 2.72 bits per heavy atom. The van der Waals surface area contributed by atoms with Gasteiger partial charge in [0.15, 0.2) is 0 Å². The molecule has 2 aromatic heterocycles. The number of alkyl halides is 3. The molecule has 4 rings (SSSR count). The Kier molecular flexibility index (Phi) is 5.25. The maximum absolute atomic E-state index is 12.8. The standard InChI is InChI=1S/C21H21F3N4O/c22-21(23,24)19-10-15(5-8-26-19)28-12-17-16(18(17)13-28)6-9-27-20(29)4-3-14-2-1-7-25-11-14/h1-5,7-8,10-11,16-18H,6,9,12-13H2,(H,27,29)/b4-3+. The second kappa shape index (κ2) is 7.85. The predicted octanol–water partition coefficient (Wildman–Crippen LogP) is 3.40. The minimum atomic E-state index is -4.43. The molecule has 2 unspecified atom stereocenters. The number of anilines is 1. The van der Waals surface area contributed by atoms with Crippen LogP contribution in [0.5, 0.6) is 0 Å². The molecule has 29 heavy (non-hydrogen) atoms. The van der Waals surface area contributed by atoms with Crippen molar-refractivity contribution in [2.45, 2.75) is 12.6 Å². The van der Waals surface area contributed by atoms with Crippen LogP contribution < -0.4 is 10.2 Å². The van der Waals surface area contributed by atoms with E-state index in [4.69, 9.17) is 0 Å². The van der Waals surface area contributed by atoms with E-state index in [1.165, 1.54) is 12.3 Å². The molecular weight excluding hydrogens is 381 g/mol. The minimum Gasteiger partial charge on any atom is -0.371 e. The molecule has 2 aromatic rings. The van der Waals surface area contributed by atoms with Crippen LogP contribution in [0.3, 0.4) is 0 Å². The monoisotopic (exact) mass is 402 g/mol. The summed E-state index contributed by atoms with van der Waals surface area (Å²) in [7, 11) is 0. The highest BCUT2D eigenvalue weighted by Crippen LogP contribution is 2.54. The Balaban J connectivity index is 1.20. The minimum absolute atomic E-state index is 0.141. The van der Waals surface area contributed by atoms with Gasteiger partial charge in [0.1, 0.15) is 5.69 Å². The van der Waals surface area contributed by atoms with Gasteiger partial charge in [-0.05, 0) is 54.0 Å². The van der Waals surface area contributed by atoms with Gasteiger partial charge in [-0.25, -0.2) is 0 Å². The number of nitrogens with one attached hydrogen (secondary N) is 1. The number of halogens is 3. The molecule has 5 nitrogen and oxygen atoms in total. The van der Waals surface area contributed by atoms with E-state index in [1.54, 1.807) is 24.5 Å². The topological polar surface area (TPSA) is 58.1 Å². The third-order valence-electron chi connectivity index (χ3n) is 5.66. The smallest absolute Gasteiger partial charge is 0.371 e. The number of rotatable bonds is 6. The maximum Gasteiger partial charge on any atom is 0.433 e. The van der Waals surface area contributed by atoms with Crippen LogP contribution in [0.1, 0.15) is 17.7 Å². The number of hydrogen-bond acceptors (Lipinski definition) is 4. The van der Waals surface area contributed by atoms with E-state index in [9.17, 15) is 18.0 Å². The van der Waals surface area contributed by atoms with Crippen LogP contribution in [0.2, 0.25) is 0 Å². The summed E-state index contributed by atoms with van der Waals surface area (Å²) < 4.78 is 38.5. The Morgan fingerprint density at radius 1 is 1.24 bits per heavy atom. The normalized spacial score (nSPS) is 23.3. The number of hydrogen-bond donors (Lipinski definition) is 1. The SMILES string of the molecule is O=C(/C=C/c1cccnc1)NCCC1C2CN(c3ccnc(C(F)(F)F)c3)CC12. The first-order chi connectivity index (χ1) is 13.9. The van der Waals surface area contributed by atoms with Crippen molar-refractivity contribution in [3.05, 3.63) is 60.2 Å². The van der Waals surface area contributed by atoms with Crippen LogP contribution in [0.15, 0.2) is 48.9 Å². The average Bonchev–Trinajstić information content (AvgIpc) is 3.15. The molecule has 1 N–H and O–H groups in total. The van der Waals surface area contributed by atoms with Crippen LogP contribution in [-0.4, -0.2) is 35.5 Å². The highest BCUT2D eigenvalue weighted by molar-refractivity contribution is 5.91. The van der Waals surface area contributed by atoms with Crippen LogP contribution >= 0.6 is 0 Å². The van der Waals surface area contributed by atoms with Crippen molar-refractivity contribution in [2.24, 2.45) is 17.8 Å². The van der Waals surface area contributed by atoms with E-state index >= 15 is 0 Å². The highest BCUT2D eigenvalue weighted by Gasteiger charge is 2.55. The fourth-order valence-electron chi connectivity index (χ4n) is 4.13. The summed E-state index contributed by atoms with van der Waals surface area (Å²) in [4.78, 5) is 21.3. The third-order valence-corrected chi connectivity index (χ3v) is 5.66. The lowest BCUT2D eigenvalue weighted by molar-refractivity contribution is -0.141. The van der Waals surface area contributed by atoms with Crippen LogP contribution in [-0.2, 0) is 11.0 Å². The molecule has 0 bridgehead atoms. The molecule has 3 heterocycles. The summed E-state index contributed by atoms with van der Waals surface area (Å²) in [5.41, 5.74) is 0.588. The van der Waals surface area contributed by atoms with Crippen LogP contribution in [0, 0.1) is 17.8 Å². The molecule has 2 aliphatic rings. The lowest BCUT2D eigenvalue weighted by atomic mass is 10.2. The summed E-state index contributed by atoms with van der Waals surface area (Å²) in [5.74, 6) is 1.36. The van der Waals surface area contributed by atoms with E-state index in [0.717, 1.165) is 31.1 Å². The first kappa shape index (κ1) is 19.4. The lowest BCUT2D eigenvalue weighted by Crippen LogP contribution is -2.27. The second-order valence-corrected chi connectivity index (χ2v) is 7.49. The Hall–Kier alpha value is -2.90. The number of carbonyl (C=O) groups excluding carboxylic acids is 1. The zero-order valence-electron chi connectivity index (χ0n) is 15.6. The van der Waals surface area contributed by atoms with E-state index in [-0.39, 0.29) is 5.91 Å². The molecular formula is C21H21F3N4O. The van der Waals surface area contributed by atoms with Crippen molar-refractivity contribution in [3.63, 3.8) is 0 Å². The zero-order valence-corrected chi connectivity index (χ0v) is 15.6. The quantitative estimate of drug-likeness (QED) is 0.753. The highest BCUT2D eigenvalue weighted by atomic mass is 19.4. The van der Waals surface area contributed by atoms with Crippen molar-refractivity contribution in [3.8, 4) is 0 Å². The molecule has 8 heteroatoms. The molecule has 0 spiro atoms. The average molecular weight is 402 g/mol. The Bertz CT molecular complexity index is 888. The summed E-state index contributed by atoms with van der Waals surface area (Å²) in [6.45, 7) is 2.11. The maximum atomic E-state index is 12.8. The number of nitrogens with zero attached hydrogens (tertiary/aromatic N) is 3. The molecule has 152 valence electrons. The van der Waals surface area contributed by atoms with Crippen LogP contribution in [0.4, 0.5) is 18.9 Å². The number of amides is 1. The zero-order chi connectivity index (χ0) is 20.4. The van der Waals surface area contributed by atoms with E-state index in [2.05, 4.69) is 15.3 Å². The van der Waals surface area contributed by atoms with Crippen molar-refractivity contribution >= 4 is 17.7 Å². The summed E-state index contributed by atoms with van der Waals surface area (Å²) >= 11 is 0. The Morgan fingerprint density at radius 2 is 2.03 bits per heavy atom. The molecule has 1 aliphatic heterocycles. The predicted molar refractivity (Wildman–Crippen MR) is 103 cm³/mol. The first-order valence-corrected chi connectivity index (χ1v) is 9.56. The van der Waals surface area contributed by atoms with Gasteiger partial charge in [0.2, 0.25) is 5.91 Å². The Labute approximate surface area is 166 Å². The van der Waals surface area contributed by atoms with Crippen molar-refractivity contribution in [1.82, 2.24) is 15.3 Å². The third kappa shape index (κ3) is 4.58. The first-order valence-electron chi connectivity index (χ1n) is 9.56. The summed E-state index contributed by atoms with van der Waals surface area (Å²) in [5, 5.41) is 2.89. The van der Waals surface area contributed by atoms with Crippen molar-refractivity contribution in [1.29, 1.82) is 0 Å². The molecule has 2 fully saturated rings. The van der Waals surface area contributed by atoms with Crippen molar-refractivity contribution < 1.29 is 18.0 Å². The molecule has 2 atom stereocenters. The van der Waals surface area contributed by atoms with Gasteiger partial charge < -0.3 is 10.2 Å². The van der Waals surface area contributed by atoms with Gasteiger partial charge in [-0.15, -0.1) is 0 Å². The molecule has 0 radical (unpaired) electrons. The number of pyridine rings is 2. The lowest BCUT2D eigenvalue weighted by Gasteiger charge is -2.22. The number of carbonyl (C=O) groups is 1. The van der Waals surface area contributed by atoms with E-state index in [1.807, 2.05) is 17.0 Å².